The van der Waals surface area contributed by atoms with Crippen LogP contribution in [0.4, 0.5) is 0 Å². The SMILES string of the molecule is CC(O)CN(C)C(=O)c1ccc(C#CCN)c(Cl)c1. The fourth-order valence-corrected chi connectivity index (χ4v) is 1.82. The number of carbonyl (C=O) groups is 1. The summed E-state index contributed by atoms with van der Waals surface area (Å²) < 4.78 is 0. The van der Waals surface area contributed by atoms with E-state index in [4.69, 9.17) is 17.3 Å². The molecule has 0 heterocycles. The van der Waals surface area contributed by atoms with Gasteiger partial charge in [0, 0.05) is 24.7 Å². The summed E-state index contributed by atoms with van der Waals surface area (Å²) in [6.45, 7) is 2.15. The molecule has 1 aromatic carbocycles. The molecule has 0 aliphatic heterocycles. The van der Waals surface area contributed by atoms with Gasteiger partial charge in [0.05, 0.1) is 17.7 Å². The highest BCUT2D eigenvalue weighted by Crippen LogP contribution is 2.18. The molecule has 0 saturated carbocycles. The number of nitrogens with zero attached hydrogens (tertiary/aromatic N) is 1. The van der Waals surface area contributed by atoms with Gasteiger partial charge in [0.15, 0.2) is 0 Å². The molecular formula is C14H17ClN2O2. The Hall–Kier alpha value is -1.54. The van der Waals surface area contributed by atoms with Crippen molar-refractivity contribution < 1.29 is 9.90 Å². The van der Waals surface area contributed by atoms with Gasteiger partial charge in [-0.05, 0) is 25.1 Å². The molecule has 0 fully saturated rings. The van der Waals surface area contributed by atoms with Gasteiger partial charge in [0.25, 0.3) is 5.91 Å². The molecule has 1 unspecified atom stereocenters. The van der Waals surface area contributed by atoms with Crippen LogP contribution in [0.5, 0.6) is 0 Å². The van der Waals surface area contributed by atoms with Crippen LogP contribution in [-0.4, -0.2) is 42.2 Å². The Morgan fingerprint density at radius 1 is 1.58 bits per heavy atom. The quantitative estimate of drug-likeness (QED) is 0.815. The lowest BCUT2D eigenvalue weighted by atomic mass is 10.1. The lowest BCUT2D eigenvalue weighted by Crippen LogP contribution is -2.33. The van der Waals surface area contributed by atoms with Gasteiger partial charge in [-0.1, -0.05) is 23.4 Å². The molecule has 19 heavy (non-hydrogen) atoms. The minimum atomic E-state index is -0.570. The molecule has 4 nitrogen and oxygen atoms in total. The van der Waals surface area contributed by atoms with E-state index in [-0.39, 0.29) is 19.0 Å². The molecular weight excluding hydrogens is 264 g/mol. The van der Waals surface area contributed by atoms with E-state index in [1.807, 2.05) is 0 Å². The highest BCUT2D eigenvalue weighted by Gasteiger charge is 2.14. The summed E-state index contributed by atoms with van der Waals surface area (Å²) in [7, 11) is 1.63. The number of carbonyl (C=O) groups excluding carboxylic acids is 1. The lowest BCUT2D eigenvalue weighted by molar-refractivity contribution is 0.0703. The van der Waals surface area contributed by atoms with E-state index in [1.165, 1.54) is 4.90 Å². The molecule has 1 atom stereocenters. The Morgan fingerprint density at radius 3 is 2.79 bits per heavy atom. The zero-order valence-corrected chi connectivity index (χ0v) is 11.7. The summed E-state index contributed by atoms with van der Waals surface area (Å²) in [6, 6.07) is 4.92. The van der Waals surface area contributed by atoms with Gasteiger partial charge in [0.1, 0.15) is 0 Å². The van der Waals surface area contributed by atoms with Gasteiger partial charge in [-0.15, -0.1) is 0 Å². The zero-order valence-electron chi connectivity index (χ0n) is 11.0. The third-order valence-electron chi connectivity index (χ3n) is 2.43. The maximum absolute atomic E-state index is 12.1. The standard InChI is InChI=1S/C14H17ClN2O2/c1-10(18)9-17(2)14(19)12-6-5-11(4-3-7-16)13(15)8-12/h5-6,8,10,18H,7,9,16H2,1-2H3. The molecule has 0 saturated heterocycles. The number of nitrogens with two attached hydrogens (primary N) is 1. The maximum atomic E-state index is 12.1. The number of aliphatic hydroxyl groups excluding tert-OH is 1. The summed E-state index contributed by atoms with van der Waals surface area (Å²) in [6.07, 6.45) is -0.570. The second-order valence-electron chi connectivity index (χ2n) is 4.24. The van der Waals surface area contributed by atoms with Crippen LogP contribution >= 0.6 is 11.6 Å². The molecule has 1 amide bonds. The van der Waals surface area contributed by atoms with Crippen LogP contribution < -0.4 is 5.73 Å². The molecule has 0 spiro atoms. The average molecular weight is 281 g/mol. The van der Waals surface area contributed by atoms with Crippen molar-refractivity contribution in [1.29, 1.82) is 0 Å². The molecule has 0 radical (unpaired) electrons. The maximum Gasteiger partial charge on any atom is 0.253 e. The van der Waals surface area contributed by atoms with E-state index in [1.54, 1.807) is 32.2 Å². The van der Waals surface area contributed by atoms with Crippen LogP contribution in [0.1, 0.15) is 22.8 Å². The molecule has 0 bridgehead atoms. The molecule has 5 heteroatoms. The largest absolute Gasteiger partial charge is 0.392 e. The first kappa shape index (κ1) is 15.5. The number of likely N-dealkylation sites (N-methyl/N-ethyl adjacent to an activating group) is 1. The van der Waals surface area contributed by atoms with E-state index < -0.39 is 6.10 Å². The van der Waals surface area contributed by atoms with Crippen molar-refractivity contribution in [2.24, 2.45) is 5.73 Å². The van der Waals surface area contributed by atoms with Gasteiger partial charge < -0.3 is 15.7 Å². The summed E-state index contributed by atoms with van der Waals surface area (Å²) in [5, 5.41) is 9.68. The van der Waals surface area contributed by atoms with Gasteiger partial charge >= 0.3 is 0 Å². The number of benzene rings is 1. The first-order valence-corrected chi connectivity index (χ1v) is 6.25. The first-order chi connectivity index (χ1) is 8.95. The van der Waals surface area contributed by atoms with Crippen LogP contribution in [0.2, 0.25) is 5.02 Å². The van der Waals surface area contributed by atoms with Crippen molar-refractivity contribution in [2.45, 2.75) is 13.0 Å². The minimum Gasteiger partial charge on any atom is -0.392 e. The predicted molar refractivity (Wildman–Crippen MR) is 76.0 cm³/mol. The van der Waals surface area contributed by atoms with Crippen LogP contribution in [-0.2, 0) is 0 Å². The van der Waals surface area contributed by atoms with Crippen molar-refractivity contribution in [3.63, 3.8) is 0 Å². The van der Waals surface area contributed by atoms with Crippen LogP contribution in [0, 0.1) is 11.8 Å². The van der Waals surface area contributed by atoms with E-state index in [0.29, 0.717) is 16.1 Å². The van der Waals surface area contributed by atoms with Crippen molar-refractivity contribution in [3.05, 3.63) is 34.3 Å². The van der Waals surface area contributed by atoms with E-state index in [2.05, 4.69) is 11.8 Å². The summed E-state index contributed by atoms with van der Waals surface area (Å²) >= 11 is 6.06. The molecule has 102 valence electrons. The Morgan fingerprint density at radius 2 is 2.26 bits per heavy atom. The van der Waals surface area contributed by atoms with E-state index >= 15 is 0 Å². The third-order valence-corrected chi connectivity index (χ3v) is 2.74. The van der Waals surface area contributed by atoms with Crippen LogP contribution in [0.3, 0.4) is 0 Å². The van der Waals surface area contributed by atoms with Gasteiger partial charge in [-0.2, -0.15) is 0 Å². The number of aliphatic hydroxyl groups is 1. The van der Waals surface area contributed by atoms with Crippen molar-refractivity contribution >= 4 is 17.5 Å². The number of rotatable bonds is 3. The minimum absolute atomic E-state index is 0.193. The zero-order chi connectivity index (χ0) is 14.4. The Balaban J connectivity index is 2.91. The average Bonchev–Trinajstić information content (AvgIpc) is 2.35. The number of hydrogen-bond acceptors (Lipinski definition) is 3. The summed E-state index contributed by atoms with van der Waals surface area (Å²) in [4.78, 5) is 13.5. The van der Waals surface area contributed by atoms with Crippen molar-refractivity contribution in [2.75, 3.05) is 20.1 Å². The Bertz CT molecular complexity index is 518. The van der Waals surface area contributed by atoms with Gasteiger partial charge in [0.2, 0.25) is 0 Å². The normalized spacial score (nSPS) is 11.4. The number of hydrogen-bond donors (Lipinski definition) is 2. The molecule has 3 N–H and O–H groups in total. The monoisotopic (exact) mass is 280 g/mol. The second-order valence-corrected chi connectivity index (χ2v) is 4.64. The Labute approximate surface area is 118 Å². The Kier molecular flexibility index (Phi) is 5.84. The smallest absolute Gasteiger partial charge is 0.253 e. The van der Waals surface area contributed by atoms with Crippen LogP contribution in [0.25, 0.3) is 0 Å². The first-order valence-electron chi connectivity index (χ1n) is 5.87. The summed E-state index contributed by atoms with van der Waals surface area (Å²) in [5.41, 5.74) is 6.39. The fourth-order valence-electron chi connectivity index (χ4n) is 1.60. The van der Waals surface area contributed by atoms with E-state index in [9.17, 15) is 9.90 Å². The summed E-state index contributed by atoms with van der Waals surface area (Å²) in [5.74, 6) is 5.34. The lowest BCUT2D eigenvalue weighted by Gasteiger charge is -2.19. The second kappa shape index (κ2) is 7.15. The van der Waals surface area contributed by atoms with Gasteiger partial charge in [-0.25, -0.2) is 0 Å². The predicted octanol–water partition coefficient (Wildman–Crippen LogP) is 1.10. The fraction of sp³-hybridized carbons (Fsp3) is 0.357. The molecule has 0 aliphatic carbocycles. The third kappa shape index (κ3) is 4.56. The topological polar surface area (TPSA) is 66.6 Å². The van der Waals surface area contributed by atoms with Crippen molar-refractivity contribution in [1.82, 2.24) is 4.90 Å². The molecule has 1 rings (SSSR count). The van der Waals surface area contributed by atoms with Crippen molar-refractivity contribution in [3.8, 4) is 11.8 Å². The van der Waals surface area contributed by atoms with E-state index in [0.717, 1.165) is 0 Å². The molecule has 0 aromatic heterocycles. The number of halogens is 1. The van der Waals surface area contributed by atoms with Crippen LogP contribution in [0.15, 0.2) is 18.2 Å². The highest BCUT2D eigenvalue weighted by molar-refractivity contribution is 6.32. The molecule has 0 aliphatic rings. The molecule has 1 aromatic rings. The van der Waals surface area contributed by atoms with Gasteiger partial charge in [-0.3, -0.25) is 4.79 Å². The number of amides is 1. The highest BCUT2D eigenvalue weighted by atomic mass is 35.5.